The van der Waals surface area contributed by atoms with E-state index in [1.165, 1.54) is 0 Å². The number of carbonyl (C=O) groups is 1. The molecule has 2 rings (SSSR count). The van der Waals surface area contributed by atoms with Crippen LogP contribution in [0, 0.1) is 11.3 Å². The van der Waals surface area contributed by atoms with E-state index in [9.17, 15) is 10.1 Å². The summed E-state index contributed by atoms with van der Waals surface area (Å²) < 4.78 is 1.94. The molecular formula is C22H28N4OS. The highest BCUT2D eigenvalue weighted by molar-refractivity contribution is 7.80. The van der Waals surface area contributed by atoms with Crippen LogP contribution in [0.25, 0.3) is 11.3 Å². The largest absolute Gasteiger partial charge is 0.366 e. The number of hydrogen-bond donors (Lipinski definition) is 1. The zero-order valence-corrected chi connectivity index (χ0v) is 17.5. The number of thiol groups is 1. The van der Waals surface area contributed by atoms with E-state index in [0.29, 0.717) is 23.5 Å². The van der Waals surface area contributed by atoms with Crippen LogP contribution in [0.3, 0.4) is 0 Å². The molecule has 6 heteroatoms. The fourth-order valence-electron chi connectivity index (χ4n) is 3.11. The topological polar surface area (TPSA) is 61.4 Å². The fourth-order valence-corrected chi connectivity index (χ4v) is 3.33. The smallest absolute Gasteiger partial charge is 0.168 e. The monoisotopic (exact) mass is 396 g/mol. The van der Waals surface area contributed by atoms with Crippen LogP contribution in [0.2, 0.25) is 0 Å². The van der Waals surface area contributed by atoms with Crippen LogP contribution in [0.4, 0.5) is 5.69 Å². The zero-order valence-electron chi connectivity index (χ0n) is 16.6. The predicted octanol–water partition coefficient (Wildman–Crippen LogP) is 4.94. The molecule has 1 aromatic heterocycles. The molecule has 148 valence electrons. The van der Waals surface area contributed by atoms with E-state index >= 15 is 0 Å². The molecular weight excluding hydrogens is 368 g/mol. The Morgan fingerprint density at radius 3 is 2.61 bits per heavy atom. The second kappa shape index (κ2) is 11.4. The van der Waals surface area contributed by atoms with Crippen molar-refractivity contribution in [2.45, 2.75) is 39.2 Å². The van der Waals surface area contributed by atoms with Gasteiger partial charge >= 0.3 is 0 Å². The number of benzene rings is 1. The Labute approximate surface area is 173 Å². The van der Waals surface area contributed by atoms with E-state index in [2.05, 4.69) is 30.6 Å². The lowest BCUT2D eigenvalue weighted by molar-refractivity contribution is 0.111. The van der Waals surface area contributed by atoms with Gasteiger partial charge in [0.05, 0.1) is 12.0 Å². The van der Waals surface area contributed by atoms with Crippen LogP contribution >= 0.6 is 12.6 Å². The molecule has 0 saturated heterocycles. The van der Waals surface area contributed by atoms with Crippen molar-refractivity contribution in [1.29, 1.82) is 5.26 Å². The van der Waals surface area contributed by atoms with Gasteiger partial charge in [-0.2, -0.15) is 17.9 Å². The molecule has 0 bridgehead atoms. The van der Waals surface area contributed by atoms with Crippen molar-refractivity contribution in [2.24, 2.45) is 4.99 Å². The highest BCUT2D eigenvalue weighted by atomic mass is 32.1. The van der Waals surface area contributed by atoms with Gasteiger partial charge in [0.1, 0.15) is 23.0 Å². The number of nitriles is 1. The molecule has 0 amide bonds. The Balaban J connectivity index is 2.51. The van der Waals surface area contributed by atoms with Gasteiger partial charge in [-0.1, -0.05) is 43.7 Å². The van der Waals surface area contributed by atoms with Crippen LogP contribution in [-0.2, 0) is 6.54 Å². The molecule has 2 aromatic rings. The molecule has 1 aromatic carbocycles. The third-order valence-electron chi connectivity index (χ3n) is 4.59. The van der Waals surface area contributed by atoms with Crippen molar-refractivity contribution in [1.82, 2.24) is 9.47 Å². The number of hydrogen-bond acceptors (Lipinski definition) is 4. The lowest BCUT2D eigenvalue weighted by Gasteiger charge is -2.12. The Bertz CT molecular complexity index is 836. The van der Waals surface area contributed by atoms with E-state index in [1.54, 1.807) is 6.34 Å². The van der Waals surface area contributed by atoms with Gasteiger partial charge in [-0.3, -0.25) is 4.79 Å². The van der Waals surface area contributed by atoms with Crippen LogP contribution in [0.5, 0.6) is 0 Å². The molecule has 0 spiro atoms. The Kier molecular flexibility index (Phi) is 8.83. The molecule has 0 atom stereocenters. The van der Waals surface area contributed by atoms with Gasteiger partial charge in [0.15, 0.2) is 6.29 Å². The van der Waals surface area contributed by atoms with Gasteiger partial charge in [0, 0.05) is 20.1 Å². The van der Waals surface area contributed by atoms with E-state index in [4.69, 9.17) is 0 Å². The lowest BCUT2D eigenvalue weighted by Crippen LogP contribution is -2.17. The van der Waals surface area contributed by atoms with Crippen LogP contribution < -0.4 is 0 Å². The number of unbranched alkanes of at least 4 members (excludes halogenated alkanes) is 2. The molecule has 0 aliphatic rings. The number of carbonyl (C=O) groups excluding carboxylic acids is 1. The zero-order chi connectivity index (χ0) is 20.4. The molecule has 0 radical (unpaired) electrons. The van der Waals surface area contributed by atoms with Crippen molar-refractivity contribution in [3.63, 3.8) is 0 Å². The molecule has 0 saturated carbocycles. The molecule has 28 heavy (non-hydrogen) atoms. The summed E-state index contributed by atoms with van der Waals surface area (Å²) in [5.74, 6) is 0.861. The number of aromatic nitrogens is 1. The van der Waals surface area contributed by atoms with Crippen molar-refractivity contribution in [2.75, 3.05) is 19.3 Å². The summed E-state index contributed by atoms with van der Waals surface area (Å²) in [6.45, 7) is 3.64. The average Bonchev–Trinajstić information content (AvgIpc) is 3.03. The van der Waals surface area contributed by atoms with E-state index in [0.717, 1.165) is 55.5 Å². The third kappa shape index (κ3) is 5.26. The van der Waals surface area contributed by atoms with Crippen LogP contribution in [-0.4, -0.2) is 41.4 Å². The quantitative estimate of drug-likeness (QED) is 0.192. The second-order valence-electron chi connectivity index (χ2n) is 6.71. The SMILES string of the molecule is CCCCn1c(C=O)c(N=CN(C)CCCCS)c(C#N)c1-c1ccccc1. The summed E-state index contributed by atoms with van der Waals surface area (Å²) in [4.78, 5) is 18.5. The van der Waals surface area contributed by atoms with E-state index in [-0.39, 0.29) is 0 Å². The Morgan fingerprint density at radius 2 is 2.00 bits per heavy atom. The molecule has 1 heterocycles. The summed E-state index contributed by atoms with van der Waals surface area (Å²) in [6.07, 6.45) is 6.50. The predicted molar refractivity (Wildman–Crippen MR) is 119 cm³/mol. The first-order valence-corrected chi connectivity index (χ1v) is 10.3. The highest BCUT2D eigenvalue weighted by Gasteiger charge is 2.23. The Hall–Kier alpha value is -2.52. The summed E-state index contributed by atoms with van der Waals surface area (Å²) in [7, 11) is 1.95. The van der Waals surface area contributed by atoms with E-state index < -0.39 is 0 Å². The van der Waals surface area contributed by atoms with Crippen molar-refractivity contribution in [3.8, 4) is 17.3 Å². The molecule has 0 aliphatic heterocycles. The van der Waals surface area contributed by atoms with E-state index in [1.807, 2.05) is 46.8 Å². The van der Waals surface area contributed by atoms with Crippen molar-refractivity contribution in [3.05, 3.63) is 41.6 Å². The minimum Gasteiger partial charge on any atom is -0.366 e. The standard InChI is InChI=1S/C22H28N4OS/c1-3-4-13-26-20(16-27)21(24-17-25(2)12-8-9-14-28)19(15-23)22(26)18-10-6-5-7-11-18/h5-7,10-11,16-17,28H,3-4,8-9,12-14H2,1-2H3. The first-order valence-electron chi connectivity index (χ1n) is 9.70. The van der Waals surface area contributed by atoms with Gasteiger partial charge in [-0.15, -0.1) is 0 Å². The molecule has 5 nitrogen and oxygen atoms in total. The maximum absolute atomic E-state index is 12.0. The maximum Gasteiger partial charge on any atom is 0.168 e. The number of rotatable bonds is 11. The van der Waals surface area contributed by atoms with Crippen LogP contribution in [0.15, 0.2) is 35.3 Å². The van der Waals surface area contributed by atoms with Crippen LogP contribution in [0.1, 0.15) is 48.7 Å². The van der Waals surface area contributed by atoms with Crippen molar-refractivity contribution < 1.29 is 4.79 Å². The van der Waals surface area contributed by atoms with Crippen molar-refractivity contribution >= 4 is 30.9 Å². The Morgan fingerprint density at radius 1 is 1.25 bits per heavy atom. The molecule has 0 aliphatic carbocycles. The molecule has 0 N–H and O–H groups in total. The highest BCUT2D eigenvalue weighted by Crippen LogP contribution is 2.36. The second-order valence-corrected chi connectivity index (χ2v) is 7.16. The minimum atomic E-state index is 0.449. The maximum atomic E-state index is 12.0. The summed E-state index contributed by atoms with van der Waals surface area (Å²) in [5.41, 5.74) is 3.05. The average molecular weight is 397 g/mol. The van der Waals surface area contributed by atoms with Gasteiger partial charge in [0.25, 0.3) is 0 Å². The normalized spacial score (nSPS) is 10.9. The lowest BCUT2D eigenvalue weighted by atomic mass is 10.1. The van der Waals surface area contributed by atoms with Gasteiger partial charge in [-0.05, 0) is 30.6 Å². The summed E-state index contributed by atoms with van der Waals surface area (Å²) >= 11 is 4.23. The number of aliphatic imine (C=N–C) groups is 1. The fraction of sp³-hybridized carbons (Fsp3) is 0.409. The summed E-state index contributed by atoms with van der Waals surface area (Å²) in [5, 5.41) is 9.88. The first-order chi connectivity index (χ1) is 13.7. The summed E-state index contributed by atoms with van der Waals surface area (Å²) in [6, 6.07) is 12.0. The molecule has 0 fully saturated rings. The van der Waals surface area contributed by atoms with Gasteiger partial charge in [-0.25, -0.2) is 4.99 Å². The molecule has 0 unspecified atom stereocenters. The third-order valence-corrected chi connectivity index (χ3v) is 4.90. The van der Waals surface area contributed by atoms with Gasteiger partial charge < -0.3 is 9.47 Å². The van der Waals surface area contributed by atoms with Gasteiger partial charge in [0.2, 0.25) is 0 Å². The number of aldehydes is 1. The first kappa shape index (κ1) is 21.8. The minimum absolute atomic E-state index is 0.449. The number of nitrogens with zero attached hydrogens (tertiary/aromatic N) is 4.